The fraction of sp³-hybridized carbons (Fsp3) is 0.533. The van der Waals surface area contributed by atoms with Crippen LogP contribution in [-0.4, -0.2) is 12.6 Å². The average Bonchev–Trinajstić information content (AvgIpc) is 3.00. The molecule has 2 bridgehead atoms. The second-order valence-corrected chi connectivity index (χ2v) is 5.64. The number of urea groups is 1. The monoisotopic (exact) mass is 244 g/mol. The van der Waals surface area contributed by atoms with E-state index in [1.165, 1.54) is 25.7 Å². The van der Waals surface area contributed by atoms with Gasteiger partial charge >= 0.3 is 6.03 Å². The summed E-state index contributed by atoms with van der Waals surface area (Å²) in [7, 11) is 0. The molecule has 2 fully saturated rings. The van der Waals surface area contributed by atoms with E-state index in [0.29, 0.717) is 5.92 Å². The molecule has 1 aromatic carbocycles. The van der Waals surface area contributed by atoms with Crippen molar-refractivity contribution in [2.75, 3.05) is 11.9 Å². The van der Waals surface area contributed by atoms with Crippen LogP contribution >= 0.6 is 0 Å². The van der Waals surface area contributed by atoms with E-state index in [4.69, 9.17) is 0 Å². The molecule has 3 nitrogen and oxygen atoms in total. The van der Waals surface area contributed by atoms with Crippen molar-refractivity contribution in [2.45, 2.75) is 25.7 Å². The van der Waals surface area contributed by atoms with Gasteiger partial charge in [0.1, 0.15) is 0 Å². The average molecular weight is 244 g/mol. The van der Waals surface area contributed by atoms with Crippen molar-refractivity contribution < 1.29 is 4.79 Å². The molecule has 2 aliphatic carbocycles. The maximum absolute atomic E-state index is 11.8. The highest BCUT2D eigenvalue weighted by Crippen LogP contribution is 2.47. The minimum Gasteiger partial charge on any atom is -0.338 e. The van der Waals surface area contributed by atoms with E-state index in [9.17, 15) is 4.79 Å². The smallest absolute Gasteiger partial charge is 0.319 e. The molecule has 3 atom stereocenters. The first-order chi connectivity index (χ1) is 8.81. The first-order valence-electron chi connectivity index (χ1n) is 6.91. The summed E-state index contributed by atoms with van der Waals surface area (Å²) in [5.41, 5.74) is 0.850. The van der Waals surface area contributed by atoms with Gasteiger partial charge in [0.05, 0.1) is 0 Å². The van der Waals surface area contributed by atoms with Crippen molar-refractivity contribution in [3.8, 4) is 0 Å². The molecule has 0 aromatic heterocycles. The van der Waals surface area contributed by atoms with Crippen LogP contribution in [0.3, 0.4) is 0 Å². The van der Waals surface area contributed by atoms with Crippen LogP contribution in [0.5, 0.6) is 0 Å². The number of hydrogen-bond donors (Lipinski definition) is 2. The van der Waals surface area contributed by atoms with Gasteiger partial charge in [0.25, 0.3) is 0 Å². The lowest BCUT2D eigenvalue weighted by atomic mass is 9.89. The second-order valence-electron chi connectivity index (χ2n) is 5.64. The molecule has 18 heavy (non-hydrogen) atoms. The van der Waals surface area contributed by atoms with Crippen molar-refractivity contribution in [3.05, 3.63) is 30.3 Å². The normalized spacial score (nSPS) is 29.2. The Balaban J connectivity index is 1.45. The Morgan fingerprint density at radius 1 is 1.17 bits per heavy atom. The Hall–Kier alpha value is -1.51. The van der Waals surface area contributed by atoms with Crippen LogP contribution < -0.4 is 10.6 Å². The topological polar surface area (TPSA) is 41.1 Å². The number of benzene rings is 1. The van der Waals surface area contributed by atoms with Gasteiger partial charge in [0.15, 0.2) is 0 Å². The van der Waals surface area contributed by atoms with Crippen LogP contribution in [0.15, 0.2) is 30.3 Å². The molecule has 0 radical (unpaired) electrons. The number of rotatable bonds is 3. The van der Waals surface area contributed by atoms with E-state index in [2.05, 4.69) is 10.6 Å². The first-order valence-corrected chi connectivity index (χ1v) is 6.91. The fourth-order valence-electron chi connectivity index (χ4n) is 3.55. The number of carbonyl (C=O) groups excluding carboxylic acids is 1. The molecule has 2 amide bonds. The number of amides is 2. The maximum Gasteiger partial charge on any atom is 0.319 e. The minimum atomic E-state index is -0.0797. The number of nitrogens with one attached hydrogen (secondary N) is 2. The zero-order chi connectivity index (χ0) is 12.4. The van der Waals surface area contributed by atoms with Crippen LogP contribution in [-0.2, 0) is 0 Å². The molecule has 0 unspecified atom stereocenters. The van der Waals surface area contributed by atoms with Crippen LogP contribution in [0.4, 0.5) is 10.5 Å². The zero-order valence-corrected chi connectivity index (χ0v) is 10.6. The van der Waals surface area contributed by atoms with Gasteiger partial charge in [0.2, 0.25) is 0 Å². The summed E-state index contributed by atoms with van der Waals surface area (Å²) in [5.74, 6) is 2.52. The van der Waals surface area contributed by atoms with Gasteiger partial charge in [-0.15, -0.1) is 0 Å². The Morgan fingerprint density at radius 2 is 2.00 bits per heavy atom. The molecule has 0 heterocycles. The summed E-state index contributed by atoms with van der Waals surface area (Å²) in [6, 6.07) is 9.51. The molecule has 2 aliphatic rings. The van der Waals surface area contributed by atoms with Crippen LogP contribution in [0, 0.1) is 17.8 Å². The van der Waals surface area contributed by atoms with Gasteiger partial charge in [-0.05, 0) is 49.1 Å². The van der Waals surface area contributed by atoms with Crippen molar-refractivity contribution >= 4 is 11.7 Å². The van der Waals surface area contributed by atoms with Crippen molar-refractivity contribution in [1.29, 1.82) is 0 Å². The van der Waals surface area contributed by atoms with Gasteiger partial charge in [0, 0.05) is 12.2 Å². The lowest BCUT2D eigenvalue weighted by molar-refractivity contribution is 0.245. The van der Waals surface area contributed by atoms with Crippen LogP contribution in [0.2, 0.25) is 0 Å². The van der Waals surface area contributed by atoms with E-state index in [1.54, 1.807) is 0 Å². The summed E-state index contributed by atoms with van der Waals surface area (Å²) in [6.07, 6.45) is 5.50. The molecule has 0 aliphatic heterocycles. The highest BCUT2D eigenvalue weighted by atomic mass is 16.2. The predicted molar refractivity (Wildman–Crippen MR) is 72.4 cm³/mol. The quantitative estimate of drug-likeness (QED) is 0.842. The number of carbonyl (C=O) groups is 1. The molecular formula is C15H20N2O. The maximum atomic E-state index is 11.8. The van der Waals surface area contributed by atoms with Crippen molar-refractivity contribution in [2.24, 2.45) is 17.8 Å². The fourth-order valence-corrected chi connectivity index (χ4v) is 3.55. The number of anilines is 1. The van der Waals surface area contributed by atoms with E-state index >= 15 is 0 Å². The summed E-state index contributed by atoms with van der Waals surface area (Å²) in [6.45, 7) is 0.833. The molecule has 2 saturated carbocycles. The van der Waals surface area contributed by atoms with E-state index < -0.39 is 0 Å². The zero-order valence-electron chi connectivity index (χ0n) is 10.6. The van der Waals surface area contributed by atoms with E-state index in [1.807, 2.05) is 30.3 Å². The summed E-state index contributed by atoms with van der Waals surface area (Å²) < 4.78 is 0. The van der Waals surface area contributed by atoms with Crippen molar-refractivity contribution in [3.63, 3.8) is 0 Å². The Kier molecular flexibility index (Phi) is 3.22. The molecule has 1 aromatic rings. The van der Waals surface area contributed by atoms with E-state index in [-0.39, 0.29) is 6.03 Å². The largest absolute Gasteiger partial charge is 0.338 e. The molecule has 3 rings (SSSR count). The molecule has 96 valence electrons. The summed E-state index contributed by atoms with van der Waals surface area (Å²) in [4.78, 5) is 11.8. The van der Waals surface area contributed by atoms with Gasteiger partial charge in [-0.2, -0.15) is 0 Å². The summed E-state index contributed by atoms with van der Waals surface area (Å²) >= 11 is 0. The lowest BCUT2D eigenvalue weighted by Gasteiger charge is -2.21. The molecule has 3 heteroatoms. The molecule has 0 saturated heterocycles. The third-order valence-electron chi connectivity index (χ3n) is 4.44. The molecule has 0 spiro atoms. The number of para-hydroxylation sites is 1. The highest BCUT2D eigenvalue weighted by Gasteiger charge is 2.39. The third kappa shape index (κ3) is 2.50. The van der Waals surface area contributed by atoms with Gasteiger partial charge in [-0.3, -0.25) is 0 Å². The Labute approximate surface area is 108 Å². The minimum absolute atomic E-state index is 0.0797. The second kappa shape index (κ2) is 5.01. The predicted octanol–water partition coefficient (Wildman–Crippen LogP) is 3.24. The van der Waals surface area contributed by atoms with Gasteiger partial charge < -0.3 is 10.6 Å². The number of hydrogen-bond acceptors (Lipinski definition) is 1. The summed E-state index contributed by atoms with van der Waals surface area (Å²) in [5, 5.41) is 5.87. The Morgan fingerprint density at radius 3 is 2.67 bits per heavy atom. The first kappa shape index (κ1) is 11.6. The molecule has 2 N–H and O–H groups in total. The molecular weight excluding hydrogens is 224 g/mol. The highest BCUT2D eigenvalue weighted by molar-refractivity contribution is 5.89. The van der Waals surface area contributed by atoms with Crippen LogP contribution in [0.1, 0.15) is 25.7 Å². The van der Waals surface area contributed by atoms with Gasteiger partial charge in [-0.25, -0.2) is 4.79 Å². The third-order valence-corrected chi connectivity index (χ3v) is 4.44. The lowest BCUT2D eigenvalue weighted by Crippen LogP contribution is -2.34. The van der Waals surface area contributed by atoms with E-state index in [0.717, 1.165) is 24.1 Å². The Bertz CT molecular complexity index is 418. The number of fused-ring (bicyclic) bond motifs is 2. The SMILES string of the molecule is O=C(NC[C@H]1C[C@H]2CC[C@@H]1C2)Nc1ccccc1. The van der Waals surface area contributed by atoms with Gasteiger partial charge in [-0.1, -0.05) is 24.6 Å². The van der Waals surface area contributed by atoms with Crippen molar-refractivity contribution in [1.82, 2.24) is 5.32 Å². The van der Waals surface area contributed by atoms with Crippen LogP contribution in [0.25, 0.3) is 0 Å². The standard InChI is InChI=1S/C15H20N2O/c18-15(17-14-4-2-1-3-5-14)16-10-13-9-11-6-7-12(13)8-11/h1-5,11-13H,6-10H2,(H2,16,17,18)/t11-,12+,13+/m0/s1.